The number of aliphatic hydroxyl groups excluding tert-OH is 3. The largest absolute Gasteiger partial charge is 1.00 e. The van der Waals surface area contributed by atoms with Crippen molar-refractivity contribution in [1.82, 2.24) is 5.32 Å². The van der Waals surface area contributed by atoms with E-state index >= 15 is 0 Å². The number of aliphatic carboxylic acids is 1. The Balaban J connectivity index is -0.00000385. The molecule has 37 heavy (non-hydrogen) atoms. The Bertz CT molecular complexity index is 1010. The molecule has 1 aliphatic rings. The van der Waals surface area contributed by atoms with Gasteiger partial charge in [0.25, 0.3) is 0 Å². The number of aliphatic hydroxyl groups is 3. The molecule has 0 bridgehead atoms. The minimum atomic E-state index is -5.72. The van der Waals surface area contributed by atoms with Gasteiger partial charge in [-0.15, -0.1) is 0 Å². The molecule has 18 nitrogen and oxygen atoms in total. The number of hydrogen-bond acceptors (Lipinski definition) is 17. The van der Waals surface area contributed by atoms with Gasteiger partial charge in [-0.3, -0.25) is 13.2 Å². The smallest absolute Gasteiger partial charge is 0.726 e. The second-order valence-corrected chi connectivity index (χ2v) is 8.46. The zero-order valence-corrected chi connectivity index (χ0v) is 27.4. The Labute approximate surface area is 276 Å². The third-order valence-electron chi connectivity index (χ3n) is 3.88. The standard InChI is InChI=1S/C14H21NO17S2.3Na/c1-5(18)15-6(3-16)10(11(8(20)4-17)31-33(23,24)25)30-14-12(32-34(26,27)28)7(19)2-9(29-14)13(21)22;;;/h2-3,6-8,10-12,14,17,19-20H,4H2,1H3,(H,15,18)(H,21,22)(H,23,24,25)(H,26,27,28);;;/q;3*+1/p-3/t6-,7-,8+,10+,11-,12+,14-;;;/m0.../s1. The van der Waals surface area contributed by atoms with Crippen LogP contribution in [0.4, 0.5) is 0 Å². The second-order valence-electron chi connectivity index (χ2n) is 6.45. The number of carboxylic acids is 1. The van der Waals surface area contributed by atoms with Crippen LogP contribution in [0.2, 0.25) is 0 Å². The summed E-state index contributed by atoms with van der Waals surface area (Å²) < 4.78 is 84.4. The number of aldehydes is 1. The van der Waals surface area contributed by atoms with Gasteiger partial charge in [0.05, 0.1) is 6.61 Å². The van der Waals surface area contributed by atoms with Gasteiger partial charge in [0.15, 0.2) is 6.10 Å². The van der Waals surface area contributed by atoms with E-state index < -0.39 is 87.9 Å². The first kappa shape index (κ1) is 42.2. The van der Waals surface area contributed by atoms with Crippen LogP contribution in [0, 0.1) is 0 Å². The van der Waals surface area contributed by atoms with E-state index in [9.17, 15) is 60.8 Å². The topological polar surface area (TPSA) is 298 Å². The Morgan fingerprint density at radius 3 is 2.08 bits per heavy atom. The van der Waals surface area contributed by atoms with Crippen molar-refractivity contribution >= 4 is 39.0 Å². The fraction of sp³-hybridized carbons (Fsp3) is 0.643. The van der Waals surface area contributed by atoms with Crippen LogP contribution in [-0.2, 0) is 53.0 Å². The average molecular weight is 605 g/mol. The summed E-state index contributed by atoms with van der Waals surface area (Å²) in [6, 6.07) is -2.05. The van der Waals surface area contributed by atoms with E-state index in [2.05, 4.69) is 8.37 Å². The van der Waals surface area contributed by atoms with E-state index in [1.165, 1.54) is 0 Å². The number of amides is 1. The summed E-state index contributed by atoms with van der Waals surface area (Å²) in [6.07, 6.45) is -14.2. The van der Waals surface area contributed by atoms with Gasteiger partial charge < -0.3 is 53.9 Å². The van der Waals surface area contributed by atoms with Gasteiger partial charge in [0.1, 0.15) is 48.5 Å². The molecule has 0 radical (unpaired) electrons. The van der Waals surface area contributed by atoms with Crippen LogP contribution in [0.5, 0.6) is 0 Å². The Morgan fingerprint density at radius 1 is 1.16 bits per heavy atom. The van der Waals surface area contributed by atoms with Gasteiger partial charge in [-0.05, 0) is 6.08 Å². The maximum atomic E-state index is 11.5. The van der Waals surface area contributed by atoms with E-state index in [-0.39, 0.29) is 95.0 Å². The van der Waals surface area contributed by atoms with Crippen LogP contribution < -0.4 is 99.1 Å². The molecule has 0 aromatic rings. The molecular weight excluding hydrogens is 587 g/mol. The normalized spacial score (nSPS) is 22.6. The molecule has 1 aliphatic heterocycles. The molecule has 196 valence electrons. The van der Waals surface area contributed by atoms with E-state index in [1.807, 2.05) is 5.32 Å². The summed E-state index contributed by atoms with van der Waals surface area (Å²) in [5.74, 6) is -4.30. The van der Waals surface area contributed by atoms with E-state index in [0.717, 1.165) is 6.92 Å². The monoisotopic (exact) mass is 605 g/mol. The van der Waals surface area contributed by atoms with Crippen LogP contribution in [-0.4, -0.2) is 109 Å². The number of carbonyl (C=O) groups excluding carboxylic acids is 3. The number of rotatable bonds is 13. The Hall–Kier alpha value is 0.730. The zero-order valence-electron chi connectivity index (χ0n) is 19.8. The summed E-state index contributed by atoms with van der Waals surface area (Å²) in [5, 5.41) is 42.1. The molecule has 0 saturated heterocycles. The van der Waals surface area contributed by atoms with Crippen LogP contribution >= 0.6 is 0 Å². The zero-order chi connectivity index (χ0) is 26.4. The summed E-state index contributed by atoms with van der Waals surface area (Å²) in [4.78, 5) is 34.1. The number of nitrogens with one attached hydrogen (secondary N) is 1. The number of ether oxygens (including phenoxy) is 2. The first-order chi connectivity index (χ1) is 15.5. The van der Waals surface area contributed by atoms with Crippen molar-refractivity contribution < 1.29 is 167 Å². The third kappa shape index (κ3) is 14.8. The van der Waals surface area contributed by atoms with Crippen molar-refractivity contribution in [2.45, 2.75) is 49.8 Å². The number of hydrogen-bond donors (Lipinski definition) is 4. The SMILES string of the molecule is CC(=O)N[C@@H](C=O)[C@@H](O[C@@H]1OC(C(=O)[O-])=C[C@H](O)[C@H]1OS(=O)(=O)[O-])[C@@H](OS(=O)(=O)[O-])[C@H](O)CO.[Na+].[Na+].[Na+]. The maximum Gasteiger partial charge on any atom is 1.00 e. The molecule has 0 aromatic carbocycles. The Morgan fingerprint density at radius 2 is 1.70 bits per heavy atom. The predicted octanol–water partition coefficient (Wildman–Crippen LogP) is -15.5. The molecule has 0 aromatic heterocycles. The van der Waals surface area contributed by atoms with Gasteiger partial charge in [0, 0.05) is 6.92 Å². The fourth-order valence-electron chi connectivity index (χ4n) is 2.63. The molecule has 0 fully saturated rings. The summed E-state index contributed by atoms with van der Waals surface area (Å²) >= 11 is 0. The third-order valence-corrected chi connectivity index (χ3v) is 4.80. The average Bonchev–Trinajstić information content (AvgIpc) is 2.68. The molecule has 0 saturated carbocycles. The quantitative estimate of drug-likeness (QED) is 0.0655. The first-order valence-corrected chi connectivity index (χ1v) is 11.4. The number of carboxylic acid groups (broad SMARTS) is 1. The van der Waals surface area contributed by atoms with E-state index in [4.69, 9.17) is 9.47 Å². The first-order valence-electron chi connectivity index (χ1n) is 8.72. The van der Waals surface area contributed by atoms with Gasteiger partial charge in [-0.1, -0.05) is 0 Å². The van der Waals surface area contributed by atoms with E-state index in [1.54, 1.807) is 0 Å². The van der Waals surface area contributed by atoms with Gasteiger partial charge in [-0.25, -0.2) is 16.8 Å². The molecule has 4 N–H and O–H groups in total. The molecule has 7 atom stereocenters. The van der Waals surface area contributed by atoms with E-state index in [0.29, 0.717) is 6.08 Å². The summed E-state index contributed by atoms with van der Waals surface area (Å²) in [7, 11) is -11.4. The molecule has 23 heteroatoms. The minimum Gasteiger partial charge on any atom is -0.726 e. The maximum absolute atomic E-state index is 11.5. The minimum absolute atomic E-state index is 0. The molecule has 1 amide bonds. The van der Waals surface area contributed by atoms with Crippen molar-refractivity contribution in [2.24, 2.45) is 0 Å². The van der Waals surface area contributed by atoms with Crippen molar-refractivity contribution in [3.8, 4) is 0 Å². The van der Waals surface area contributed by atoms with Crippen molar-refractivity contribution in [3.63, 3.8) is 0 Å². The molecular formula is C14H18NNa3O17S2. The Kier molecular flexibility index (Phi) is 20.8. The van der Waals surface area contributed by atoms with Gasteiger partial charge >= 0.3 is 88.7 Å². The molecule has 1 heterocycles. The summed E-state index contributed by atoms with van der Waals surface area (Å²) in [6.45, 7) is -0.483. The van der Waals surface area contributed by atoms with Crippen LogP contribution in [0.15, 0.2) is 11.8 Å². The second kappa shape index (κ2) is 18.2. The fourth-order valence-corrected chi connectivity index (χ4v) is 3.62. The van der Waals surface area contributed by atoms with Crippen LogP contribution in [0.25, 0.3) is 0 Å². The molecule has 0 aliphatic carbocycles. The predicted molar refractivity (Wildman–Crippen MR) is 94.7 cm³/mol. The summed E-state index contributed by atoms with van der Waals surface area (Å²) in [5.41, 5.74) is 0. The van der Waals surface area contributed by atoms with Crippen LogP contribution in [0.3, 0.4) is 0 Å². The molecule has 0 unspecified atom stereocenters. The van der Waals surface area contributed by atoms with Crippen molar-refractivity contribution in [1.29, 1.82) is 0 Å². The van der Waals surface area contributed by atoms with Gasteiger partial charge in [0.2, 0.25) is 33.0 Å². The van der Waals surface area contributed by atoms with Crippen molar-refractivity contribution in [2.75, 3.05) is 6.61 Å². The molecule has 0 spiro atoms. The van der Waals surface area contributed by atoms with Crippen LogP contribution in [0.1, 0.15) is 6.92 Å². The number of carbonyl (C=O) groups is 3. The van der Waals surface area contributed by atoms with Crippen molar-refractivity contribution in [3.05, 3.63) is 11.8 Å². The molecule has 1 rings (SSSR count). The van der Waals surface area contributed by atoms with Gasteiger partial charge in [-0.2, -0.15) is 0 Å².